The maximum Gasteiger partial charge on any atom is 0.176 e. The van der Waals surface area contributed by atoms with Crippen LogP contribution in [0.1, 0.15) is 18.0 Å². The van der Waals surface area contributed by atoms with Crippen molar-refractivity contribution in [2.45, 2.75) is 18.8 Å². The Bertz CT molecular complexity index is 635. The third-order valence-corrected chi connectivity index (χ3v) is 4.57. The van der Waals surface area contributed by atoms with Gasteiger partial charge in [0.05, 0.1) is 12.6 Å². The fourth-order valence-corrected chi connectivity index (χ4v) is 3.22. The summed E-state index contributed by atoms with van der Waals surface area (Å²) >= 11 is 0. The van der Waals surface area contributed by atoms with Crippen molar-refractivity contribution in [3.63, 3.8) is 0 Å². The molecular formula is C21H27N3O2. The Kier molecular flexibility index (Phi) is 6.77. The highest BCUT2D eigenvalue weighted by Gasteiger charge is 2.27. The molecule has 1 N–H and O–H groups in total. The minimum atomic E-state index is -0.347. The predicted molar refractivity (Wildman–Crippen MR) is 106 cm³/mol. The highest BCUT2D eigenvalue weighted by molar-refractivity contribution is 6.02. The molecule has 2 aromatic carbocycles. The first-order valence-corrected chi connectivity index (χ1v) is 9.04. The maximum absolute atomic E-state index is 5.34. The fourth-order valence-electron chi connectivity index (χ4n) is 3.22. The van der Waals surface area contributed by atoms with E-state index in [0.717, 1.165) is 31.0 Å². The average molecular weight is 353 g/mol. The van der Waals surface area contributed by atoms with E-state index in [2.05, 4.69) is 58.7 Å². The Morgan fingerprint density at radius 1 is 1.04 bits per heavy atom. The molecule has 0 radical (unpaired) electrons. The summed E-state index contributed by atoms with van der Waals surface area (Å²) in [7, 11) is 3.28. The molecule has 5 heteroatoms. The van der Waals surface area contributed by atoms with Crippen molar-refractivity contribution in [1.82, 2.24) is 5.32 Å². The van der Waals surface area contributed by atoms with E-state index >= 15 is 0 Å². The number of amidine groups is 1. The van der Waals surface area contributed by atoms with Gasteiger partial charge in [-0.05, 0) is 30.7 Å². The van der Waals surface area contributed by atoms with E-state index in [1.165, 1.54) is 5.56 Å². The second-order valence-corrected chi connectivity index (χ2v) is 6.24. The molecule has 1 atom stereocenters. The number of hydrogen-bond donors (Lipinski definition) is 1. The molecule has 1 aliphatic heterocycles. The fraction of sp³-hybridized carbons (Fsp3) is 0.381. The molecule has 0 bridgehead atoms. The zero-order valence-corrected chi connectivity index (χ0v) is 15.5. The first-order chi connectivity index (χ1) is 12.8. The van der Waals surface area contributed by atoms with Crippen LogP contribution in [-0.4, -0.2) is 46.0 Å². The van der Waals surface area contributed by atoms with Gasteiger partial charge in [0.2, 0.25) is 0 Å². The Hall–Kier alpha value is -2.21. The van der Waals surface area contributed by atoms with Crippen LogP contribution in [0.4, 0.5) is 5.69 Å². The van der Waals surface area contributed by atoms with Crippen molar-refractivity contribution in [1.29, 1.82) is 0 Å². The molecule has 3 rings (SSSR count). The van der Waals surface area contributed by atoms with Gasteiger partial charge in [0.1, 0.15) is 5.84 Å². The van der Waals surface area contributed by atoms with Crippen LogP contribution in [-0.2, 0) is 9.47 Å². The second-order valence-electron chi connectivity index (χ2n) is 6.24. The normalized spacial score (nSPS) is 19.7. The van der Waals surface area contributed by atoms with Crippen LogP contribution >= 0.6 is 0 Å². The summed E-state index contributed by atoms with van der Waals surface area (Å²) in [5.41, 5.74) is 2.36. The van der Waals surface area contributed by atoms with E-state index in [1.54, 1.807) is 14.2 Å². The van der Waals surface area contributed by atoms with Crippen molar-refractivity contribution in [2.24, 2.45) is 4.99 Å². The van der Waals surface area contributed by atoms with Crippen LogP contribution in [0.2, 0.25) is 0 Å². The van der Waals surface area contributed by atoms with E-state index < -0.39 is 0 Å². The largest absolute Gasteiger partial charge is 0.354 e. The van der Waals surface area contributed by atoms with Crippen molar-refractivity contribution in [2.75, 3.05) is 38.8 Å². The van der Waals surface area contributed by atoms with Crippen LogP contribution in [0.5, 0.6) is 0 Å². The standard InChI is InChI=1S/C21H27N3O2/c1-25-19(26-2)16-23-21-20(17-10-5-3-6-11-17)22-14-9-15-24(21)18-12-7-4-8-13-18/h3-8,10-13,19-20,22H,9,14-16H2,1-2H3. The first kappa shape index (κ1) is 18.6. The highest BCUT2D eigenvalue weighted by Crippen LogP contribution is 2.25. The number of nitrogens with one attached hydrogen (secondary N) is 1. The van der Waals surface area contributed by atoms with Crippen LogP contribution in [0, 0.1) is 0 Å². The van der Waals surface area contributed by atoms with Gasteiger partial charge in [-0.3, -0.25) is 4.99 Å². The van der Waals surface area contributed by atoms with Gasteiger partial charge in [-0.15, -0.1) is 0 Å². The molecule has 1 aliphatic rings. The molecule has 0 saturated carbocycles. The third-order valence-electron chi connectivity index (χ3n) is 4.57. The van der Waals surface area contributed by atoms with Gasteiger partial charge in [-0.25, -0.2) is 0 Å². The summed E-state index contributed by atoms with van der Waals surface area (Å²) in [6, 6.07) is 20.9. The van der Waals surface area contributed by atoms with Gasteiger partial charge < -0.3 is 19.7 Å². The Labute approximate surface area is 155 Å². The Morgan fingerprint density at radius 3 is 2.35 bits per heavy atom. The number of para-hydroxylation sites is 1. The number of rotatable bonds is 6. The van der Waals surface area contributed by atoms with Gasteiger partial charge in [-0.1, -0.05) is 48.5 Å². The summed E-state index contributed by atoms with van der Waals surface area (Å²) < 4.78 is 10.7. The number of nitrogens with zero attached hydrogens (tertiary/aromatic N) is 2. The van der Waals surface area contributed by atoms with Crippen molar-refractivity contribution in [3.05, 3.63) is 66.2 Å². The molecule has 0 aliphatic carbocycles. The molecule has 1 unspecified atom stereocenters. The monoisotopic (exact) mass is 353 g/mol. The Balaban J connectivity index is 1.99. The summed E-state index contributed by atoms with van der Waals surface area (Å²) in [4.78, 5) is 7.24. The average Bonchev–Trinajstić information content (AvgIpc) is 2.93. The van der Waals surface area contributed by atoms with Gasteiger partial charge in [0.25, 0.3) is 0 Å². The predicted octanol–water partition coefficient (Wildman–Crippen LogP) is 3.25. The second kappa shape index (κ2) is 9.48. The molecule has 1 saturated heterocycles. The van der Waals surface area contributed by atoms with E-state index in [9.17, 15) is 0 Å². The highest BCUT2D eigenvalue weighted by atomic mass is 16.7. The molecule has 5 nitrogen and oxygen atoms in total. The number of hydrogen-bond acceptors (Lipinski definition) is 4. The lowest BCUT2D eigenvalue weighted by atomic mass is 10.0. The van der Waals surface area contributed by atoms with Crippen molar-refractivity contribution >= 4 is 11.5 Å². The minimum absolute atomic E-state index is 0.0354. The van der Waals surface area contributed by atoms with E-state index in [1.807, 2.05) is 12.1 Å². The molecule has 0 spiro atoms. The molecular weight excluding hydrogens is 326 g/mol. The number of anilines is 1. The van der Waals surface area contributed by atoms with Crippen LogP contribution in [0.3, 0.4) is 0 Å². The number of methoxy groups -OCH3 is 2. The van der Waals surface area contributed by atoms with Gasteiger partial charge >= 0.3 is 0 Å². The summed E-state index contributed by atoms with van der Waals surface area (Å²) in [5.74, 6) is 0.999. The molecule has 2 aromatic rings. The molecule has 26 heavy (non-hydrogen) atoms. The lowest BCUT2D eigenvalue weighted by molar-refractivity contribution is -0.0937. The van der Waals surface area contributed by atoms with Crippen molar-refractivity contribution in [3.8, 4) is 0 Å². The SMILES string of the molecule is COC(CN=C1C(c2ccccc2)NCCCN1c1ccccc1)OC. The maximum atomic E-state index is 5.34. The zero-order valence-electron chi connectivity index (χ0n) is 15.5. The third kappa shape index (κ3) is 4.49. The molecule has 0 aromatic heterocycles. The Morgan fingerprint density at radius 2 is 1.69 bits per heavy atom. The summed E-state index contributed by atoms with van der Waals surface area (Å²) in [5, 5.41) is 3.65. The minimum Gasteiger partial charge on any atom is -0.354 e. The zero-order chi connectivity index (χ0) is 18.2. The lowest BCUT2D eigenvalue weighted by Gasteiger charge is -2.29. The molecule has 1 heterocycles. The van der Waals surface area contributed by atoms with Crippen LogP contribution in [0.25, 0.3) is 0 Å². The smallest absolute Gasteiger partial charge is 0.176 e. The van der Waals surface area contributed by atoms with Crippen molar-refractivity contribution < 1.29 is 9.47 Å². The topological polar surface area (TPSA) is 46.1 Å². The number of benzene rings is 2. The first-order valence-electron chi connectivity index (χ1n) is 9.04. The number of aliphatic imine (C=N–C) groups is 1. The van der Waals surface area contributed by atoms with E-state index in [0.29, 0.717) is 6.54 Å². The van der Waals surface area contributed by atoms with Crippen LogP contribution < -0.4 is 10.2 Å². The van der Waals surface area contributed by atoms with Gasteiger partial charge in [0, 0.05) is 26.5 Å². The summed E-state index contributed by atoms with van der Waals surface area (Å²) in [6.07, 6.45) is 0.703. The van der Waals surface area contributed by atoms with Crippen LogP contribution in [0.15, 0.2) is 65.7 Å². The quantitative estimate of drug-likeness (QED) is 0.810. The molecule has 1 fully saturated rings. The van der Waals surface area contributed by atoms with E-state index in [-0.39, 0.29) is 12.3 Å². The number of ether oxygens (including phenoxy) is 2. The van der Waals surface area contributed by atoms with E-state index in [4.69, 9.17) is 14.5 Å². The van der Waals surface area contributed by atoms with Gasteiger partial charge in [0.15, 0.2) is 6.29 Å². The molecule has 0 amide bonds. The lowest BCUT2D eigenvalue weighted by Crippen LogP contribution is -2.39. The van der Waals surface area contributed by atoms with Gasteiger partial charge in [-0.2, -0.15) is 0 Å². The summed E-state index contributed by atoms with van der Waals surface area (Å²) in [6.45, 7) is 2.32. The molecule has 138 valence electrons.